The Hall–Kier alpha value is -1.04. The van der Waals surface area contributed by atoms with Crippen molar-refractivity contribution in [3.63, 3.8) is 0 Å². The first-order valence-electron chi connectivity index (χ1n) is 9.66. The van der Waals surface area contributed by atoms with E-state index in [0.29, 0.717) is 52.6 Å². The normalized spacial score (nSPS) is 57.0. The van der Waals surface area contributed by atoms with Gasteiger partial charge in [0.1, 0.15) is 13.1 Å². The molecule has 0 aromatic rings. The summed E-state index contributed by atoms with van der Waals surface area (Å²) in [5.74, 6) is 2.30. The van der Waals surface area contributed by atoms with Crippen LogP contribution in [0, 0.1) is 29.1 Å². The maximum Gasteiger partial charge on any atom is 0.587 e. The summed E-state index contributed by atoms with van der Waals surface area (Å²) in [4.78, 5) is 24.7. The molecule has 5 nitrogen and oxygen atoms in total. The van der Waals surface area contributed by atoms with E-state index in [-0.39, 0.29) is 17.8 Å². The molecule has 0 spiro atoms. The molecule has 0 aromatic carbocycles. The van der Waals surface area contributed by atoms with Gasteiger partial charge in [-0.15, -0.1) is 0 Å². The first-order valence-corrected chi connectivity index (χ1v) is 9.66. The summed E-state index contributed by atoms with van der Waals surface area (Å²) < 4.78 is 12.3. The monoisotopic (exact) mass is 333 g/mol. The molecule has 4 aliphatic carbocycles. The Morgan fingerprint density at radius 2 is 1.62 bits per heavy atom. The van der Waals surface area contributed by atoms with Crippen LogP contribution in [0.3, 0.4) is 0 Å². The van der Waals surface area contributed by atoms with Gasteiger partial charge in [0.25, 0.3) is 0 Å². The number of hydrogen-bond acceptors (Lipinski definition) is 4. The van der Waals surface area contributed by atoms with Crippen molar-refractivity contribution >= 4 is 18.6 Å². The van der Waals surface area contributed by atoms with Gasteiger partial charge in [0, 0.05) is 5.92 Å². The summed E-state index contributed by atoms with van der Waals surface area (Å²) in [6.07, 6.45) is 3.41. The zero-order valence-electron chi connectivity index (χ0n) is 15.2. The molecule has 2 bridgehead atoms. The average molecular weight is 333 g/mol. The highest BCUT2D eigenvalue weighted by molar-refractivity contribution is 6.68. The third-order valence-corrected chi connectivity index (χ3v) is 8.85. The maximum atomic E-state index is 12.4. The van der Waals surface area contributed by atoms with Crippen LogP contribution in [0.4, 0.5) is 0 Å². The molecule has 0 aromatic heterocycles. The van der Waals surface area contributed by atoms with E-state index in [1.165, 1.54) is 6.42 Å². The van der Waals surface area contributed by atoms with Crippen molar-refractivity contribution in [1.29, 1.82) is 0 Å². The van der Waals surface area contributed by atoms with Crippen molar-refractivity contribution in [1.82, 2.24) is 0 Å². The van der Waals surface area contributed by atoms with E-state index in [0.717, 1.165) is 12.8 Å². The van der Waals surface area contributed by atoms with E-state index in [1.807, 2.05) is 0 Å². The first-order chi connectivity index (χ1) is 11.2. The third-order valence-electron chi connectivity index (χ3n) is 8.85. The van der Waals surface area contributed by atoms with Crippen LogP contribution < -0.4 is 0 Å². The van der Waals surface area contributed by atoms with Gasteiger partial charge < -0.3 is 13.7 Å². The van der Waals surface area contributed by atoms with Crippen molar-refractivity contribution in [3.8, 4) is 0 Å². The van der Waals surface area contributed by atoms with Crippen LogP contribution in [-0.2, 0) is 18.9 Å². The van der Waals surface area contributed by atoms with Crippen LogP contribution in [0.2, 0.25) is 5.82 Å². The Morgan fingerprint density at radius 1 is 1.04 bits per heavy atom. The fourth-order valence-corrected chi connectivity index (χ4v) is 7.27. The minimum atomic E-state index is -1.84. The second-order valence-corrected chi connectivity index (χ2v) is 10.0. The van der Waals surface area contributed by atoms with Gasteiger partial charge in [0.15, 0.2) is 0 Å². The summed E-state index contributed by atoms with van der Waals surface area (Å²) in [6.45, 7) is 8.12. The van der Waals surface area contributed by atoms with E-state index >= 15 is 0 Å². The molecule has 2 saturated heterocycles. The van der Waals surface area contributed by atoms with Crippen molar-refractivity contribution in [2.75, 3.05) is 13.1 Å². The number of hydrogen-bond donors (Lipinski definition) is 0. The largest absolute Gasteiger partial charge is 0.600 e. The molecule has 6 atom stereocenters. The van der Waals surface area contributed by atoms with Gasteiger partial charge in [0.05, 0.1) is 6.04 Å². The molecule has 132 valence electrons. The molecule has 6 fully saturated rings. The smallest absolute Gasteiger partial charge is 0.587 e. The highest BCUT2D eigenvalue weighted by Gasteiger charge is 2.78. The van der Waals surface area contributed by atoms with Crippen LogP contribution in [0.5, 0.6) is 0 Å². The van der Waals surface area contributed by atoms with E-state index in [4.69, 9.17) is 9.31 Å². The van der Waals surface area contributed by atoms with Crippen LogP contribution >= 0.6 is 0 Å². The van der Waals surface area contributed by atoms with Gasteiger partial charge in [-0.05, 0) is 35.9 Å². The van der Waals surface area contributed by atoms with Crippen molar-refractivity contribution in [2.24, 2.45) is 29.1 Å². The van der Waals surface area contributed by atoms with E-state index in [2.05, 4.69) is 27.7 Å². The van der Waals surface area contributed by atoms with Gasteiger partial charge >= 0.3 is 18.6 Å². The number of carbonyl (C=O) groups excluding carboxylic acids is 2. The van der Waals surface area contributed by atoms with Crippen LogP contribution in [0.15, 0.2) is 0 Å². The minimum Gasteiger partial charge on any atom is -0.600 e. The molecule has 3 unspecified atom stereocenters. The Bertz CT molecular complexity index is 627. The van der Waals surface area contributed by atoms with Gasteiger partial charge in [-0.25, -0.2) is 0 Å². The molecule has 6 rings (SSSR count). The lowest BCUT2D eigenvalue weighted by Crippen LogP contribution is -2.73. The van der Waals surface area contributed by atoms with Gasteiger partial charge in [-0.3, -0.25) is 9.59 Å². The summed E-state index contributed by atoms with van der Waals surface area (Å²) in [5, 5.41) is 0. The molecule has 24 heavy (non-hydrogen) atoms. The van der Waals surface area contributed by atoms with Crippen molar-refractivity contribution in [3.05, 3.63) is 0 Å². The van der Waals surface area contributed by atoms with Gasteiger partial charge in [-0.1, -0.05) is 40.0 Å². The molecule has 0 amide bonds. The number of fused-ring (bicyclic) bond motifs is 4. The molecular weight excluding hydrogens is 305 g/mol. The Morgan fingerprint density at radius 3 is 2.08 bits per heavy atom. The Balaban J connectivity index is 1.58. The predicted molar refractivity (Wildman–Crippen MR) is 88.4 cm³/mol. The summed E-state index contributed by atoms with van der Waals surface area (Å²) in [5.41, 5.74) is 0.395. The summed E-state index contributed by atoms with van der Waals surface area (Å²) in [6, 6.07) is 0.326. The standard InChI is InChI=1S/C18H28BNO4/c1-10-5-14(10)19-20(8-16(21)23-19,9-17(22)24-19)15-7-12-6-13(11(15)2)18(12,3)4/h10-15H,5-9H2,1-4H3/t10?,11-,12?,13-,14?,15-,19?,20?/m0/s1. The van der Waals surface area contributed by atoms with E-state index in [1.54, 1.807) is 0 Å². The second-order valence-electron chi connectivity index (χ2n) is 10.0. The fraction of sp³-hybridized carbons (Fsp3) is 0.889. The molecule has 2 heterocycles. The van der Waals surface area contributed by atoms with Gasteiger partial charge in [0.2, 0.25) is 0 Å². The van der Waals surface area contributed by atoms with Crippen LogP contribution in [-0.4, -0.2) is 42.2 Å². The van der Waals surface area contributed by atoms with Gasteiger partial charge in [-0.2, -0.15) is 0 Å². The maximum absolute atomic E-state index is 12.4. The highest BCUT2D eigenvalue weighted by Crippen LogP contribution is 2.66. The molecule has 4 saturated carbocycles. The molecule has 6 heteroatoms. The first kappa shape index (κ1) is 15.2. The molecule has 6 aliphatic rings. The number of nitrogens with zero attached hydrogens (tertiary/aromatic N) is 1. The average Bonchev–Trinajstić information content (AvgIpc) is 3.06. The molecular formula is C18H28BNO4. The van der Waals surface area contributed by atoms with Crippen LogP contribution in [0.1, 0.15) is 47.0 Å². The summed E-state index contributed by atoms with van der Waals surface area (Å²) >= 11 is 0. The lowest BCUT2D eigenvalue weighted by molar-refractivity contribution is -0.852. The van der Waals surface area contributed by atoms with E-state index < -0.39 is 6.69 Å². The zero-order chi connectivity index (χ0) is 17.1. The highest BCUT2D eigenvalue weighted by atomic mass is 16.7. The lowest BCUT2D eigenvalue weighted by atomic mass is 9.43. The topological polar surface area (TPSA) is 52.6 Å². The van der Waals surface area contributed by atoms with E-state index in [9.17, 15) is 9.59 Å². The number of carbonyl (C=O) groups is 2. The Labute approximate surface area is 143 Å². The summed E-state index contributed by atoms with van der Waals surface area (Å²) in [7, 11) is 0. The quantitative estimate of drug-likeness (QED) is 0.728. The molecule has 2 aliphatic heterocycles. The predicted octanol–water partition coefficient (Wildman–Crippen LogP) is 2.34. The minimum absolute atomic E-state index is 0.160. The Kier molecular flexibility index (Phi) is 2.66. The third kappa shape index (κ3) is 1.53. The van der Waals surface area contributed by atoms with Crippen molar-refractivity contribution in [2.45, 2.75) is 58.8 Å². The van der Waals surface area contributed by atoms with Crippen molar-refractivity contribution < 1.29 is 23.3 Å². The SMILES string of the molecule is CC1CC1[B-]12OC(=O)C[N+]1([C@H]1CC3C[C@@H]([C@@H]1C)C3(C)C)CC(=O)O2. The molecule has 0 N–H and O–H groups in total. The lowest BCUT2D eigenvalue weighted by Gasteiger charge is -2.66. The van der Waals surface area contributed by atoms with Crippen LogP contribution in [0.25, 0.3) is 0 Å². The second kappa shape index (κ2) is 4.20. The number of quaternary nitrogens is 1. The zero-order valence-corrected chi connectivity index (χ0v) is 15.2. The number of rotatable bonds is 2. The molecule has 0 radical (unpaired) electrons. The fourth-order valence-electron chi connectivity index (χ4n) is 7.27.